The Bertz CT molecular complexity index is 547. The van der Waals surface area contributed by atoms with Crippen LogP contribution in [0.4, 0.5) is 0 Å². The third-order valence-electron chi connectivity index (χ3n) is 2.90. The van der Waals surface area contributed by atoms with Crippen molar-refractivity contribution in [3.05, 3.63) is 46.5 Å². The predicted octanol–water partition coefficient (Wildman–Crippen LogP) is 2.65. The highest BCUT2D eigenvalue weighted by molar-refractivity contribution is 6.06. The number of hydrogen-bond acceptors (Lipinski definition) is 2. The Morgan fingerprint density at radius 2 is 1.68 bits per heavy atom. The first-order valence-electron chi connectivity index (χ1n) is 5.99. The van der Waals surface area contributed by atoms with Gasteiger partial charge in [-0.25, -0.2) is 4.79 Å². The minimum Gasteiger partial charge on any atom is -0.478 e. The van der Waals surface area contributed by atoms with Crippen LogP contribution in [0.25, 0.3) is 0 Å². The summed E-state index contributed by atoms with van der Waals surface area (Å²) in [4.78, 5) is 25.2. The van der Waals surface area contributed by atoms with E-state index < -0.39 is 5.97 Å². The molecule has 0 fully saturated rings. The van der Waals surface area contributed by atoms with E-state index >= 15 is 0 Å². The summed E-state index contributed by atoms with van der Waals surface area (Å²) >= 11 is 0. The van der Waals surface area contributed by atoms with Crippen molar-refractivity contribution in [1.29, 1.82) is 0 Å². The summed E-state index contributed by atoms with van der Waals surface area (Å²) in [5.74, 6) is -1.37. The molecule has 1 amide bonds. The summed E-state index contributed by atoms with van der Waals surface area (Å²) in [6, 6.07) is 3.48. The Morgan fingerprint density at radius 1 is 1.21 bits per heavy atom. The molecule has 0 unspecified atom stereocenters. The lowest BCUT2D eigenvalue weighted by Gasteiger charge is -2.20. The maximum atomic E-state index is 12.4. The number of benzene rings is 1. The highest BCUT2D eigenvalue weighted by atomic mass is 16.4. The average molecular weight is 261 g/mol. The van der Waals surface area contributed by atoms with E-state index in [1.54, 1.807) is 33.0 Å². The molecule has 1 aromatic carbocycles. The molecule has 0 saturated heterocycles. The Kier molecular flexibility index (Phi) is 4.48. The first-order valence-corrected chi connectivity index (χ1v) is 5.99. The zero-order valence-corrected chi connectivity index (χ0v) is 11.8. The molecule has 1 rings (SSSR count). The van der Waals surface area contributed by atoms with Crippen LogP contribution in [0.15, 0.2) is 24.3 Å². The molecular formula is C15H19NO3. The Balaban J connectivity index is 3.33. The van der Waals surface area contributed by atoms with Crippen LogP contribution in [-0.2, 0) is 0 Å². The van der Waals surface area contributed by atoms with E-state index in [-0.39, 0.29) is 17.0 Å². The molecule has 19 heavy (non-hydrogen) atoms. The minimum absolute atomic E-state index is 0.0820. The van der Waals surface area contributed by atoms with Gasteiger partial charge in [-0.3, -0.25) is 4.79 Å². The molecule has 4 nitrogen and oxygen atoms in total. The number of aryl methyl sites for hydroxylation is 2. The fraction of sp³-hybridized carbons (Fsp3) is 0.333. The third kappa shape index (κ3) is 3.22. The molecule has 0 heterocycles. The molecule has 0 spiro atoms. The molecule has 0 aliphatic heterocycles. The van der Waals surface area contributed by atoms with Gasteiger partial charge in [0.2, 0.25) is 0 Å². The molecule has 102 valence electrons. The lowest BCUT2D eigenvalue weighted by atomic mass is 9.96. The van der Waals surface area contributed by atoms with Crippen LogP contribution in [0, 0.1) is 13.8 Å². The smallest absolute Gasteiger partial charge is 0.336 e. The number of nitrogens with zero attached hydrogens (tertiary/aromatic N) is 1. The summed E-state index contributed by atoms with van der Waals surface area (Å²) in [6.07, 6.45) is 0. The second-order valence-electron chi connectivity index (χ2n) is 4.87. The van der Waals surface area contributed by atoms with Gasteiger partial charge in [-0.1, -0.05) is 24.3 Å². The van der Waals surface area contributed by atoms with Crippen LogP contribution >= 0.6 is 0 Å². The SMILES string of the molecule is C=C(C)CN(C)C(=O)c1c(C)ccc(C)c1C(=O)O. The fourth-order valence-electron chi connectivity index (χ4n) is 2.03. The van der Waals surface area contributed by atoms with Crippen molar-refractivity contribution < 1.29 is 14.7 Å². The normalized spacial score (nSPS) is 10.1. The summed E-state index contributed by atoms with van der Waals surface area (Å²) in [7, 11) is 1.64. The minimum atomic E-state index is -1.08. The van der Waals surface area contributed by atoms with Crippen LogP contribution in [-0.4, -0.2) is 35.5 Å². The Labute approximate surface area is 113 Å². The van der Waals surface area contributed by atoms with Crippen LogP contribution in [0.1, 0.15) is 38.8 Å². The van der Waals surface area contributed by atoms with Gasteiger partial charge >= 0.3 is 5.97 Å². The van der Waals surface area contributed by atoms with Gasteiger partial charge in [-0.05, 0) is 31.9 Å². The Hall–Kier alpha value is -2.10. The number of likely N-dealkylation sites (N-methyl/N-ethyl adjacent to an activating group) is 1. The van der Waals surface area contributed by atoms with E-state index in [1.165, 1.54) is 4.90 Å². The molecule has 0 atom stereocenters. The van der Waals surface area contributed by atoms with Gasteiger partial charge < -0.3 is 10.0 Å². The summed E-state index contributed by atoms with van der Waals surface area (Å²) in [5.41, 5.74) is 2.44. The number of hydrogen-bond donors (Lipinski definition) is 1. The summed E-state index contributed by atoms with van der Waals surface area (Å²) in [5, 5.41) is 9.30. The van der Waals surface area contributed by atoms with Crippen LogP contribution < -0.4 is 0 Å². The highest BCUT2D eigenvalue weighted by Crippen LogP contribution is 2.20. The van der Waals surface area contributed by atoms with Crippen molar-refractivity contribution in [1.82, 2.24) is 4.90 Å². The molecule has 0 aliphatic rings. The predicted molar refractivity (Wildman–Crippen MR) is 74.6 cm³/mol. The average Bonchev–Trinajstić information content (AvgIpc) is 2.29. The quantitative estimate of drug-likeness (QED) is 0.848. The van der Waals surface area contributed by atoms with Crippen LogP contribution in [0.5, 0.6) is 0 Å². The van der Waals surface area contributed by atoms with Gasteiger partial charge in [0.25, 0.3) is 5.91 Å². The van der Waals surface area contributed by atoms with Gasteiger partial charge in [0, 0.05) is 13.6 Å². The maximum absolute atomic E-state index is 12.4. The van der Waals surface area contributed by atoms with Crippen molar-refractivity contribution in [2.45, 2.75) is 20.8 Å². The van der Waals surface area contributed by atoms with E-state index in [4.69, 9.17) is 0 Å². The lowest BCUT2D eigenvalue weighted by molar-refractivity contribution is 0.0682. The summed E-state index contributed by atoms with van der Waals surface area (Å²) < 4.78 is 0. The number of aromatic carboxylic acids is 1. The van der Waals surface area contributed by atoms with E-state index in [0.717, 1.165) is 5.57 Å². The van der Waals surface area contributed by atoms with Gasteiger partial charge in [0.1, 0.15) is 0 Å². The van der Waals surface area contributed by atoms with E-state index in [9.17, 15) is 14.7 Å². The van der Waals surface area contributed by atoms with Crippen molar-refractivity contribution in [2.75, 3.05) is 13.6 Å². The van der Waals surface area contributed by atoms with Gasteiger partial charge in [0.15, 0.2) is 0 Å². The third-order valence-corrected chi connectivity index (χ3v) is 2.90. The lowest BCUT2D eigenvalue weighted by Crippen LogP contribution is -2.30. The van der Waals surface area contributed by atoms with Crippen molar-refractivity contribution >= 4 is 11.9 Å². The topological polar surface area (TPSA) is 57.6 Å². The number of carboxylic acids is 1. The Morgan fingerprint density at radius 3 is 2.11 bits per heavy atom. The van der Waals surface area contributed by atoms with E-state index in [1.807, 2.05) is 6.92 Å². The number of carboxylic acid groups (broad SMARTS) is 1. The molecule has 0 aliphatic carbocycles. The number of carbonyl (C=O) groups excluding carboxylic acids is 1. The zero-order chi connectivity index (χ0) is 14.7. The van der Waals surface area contributed by atoms with E-state index in [0.29, 0.717) is 17.7 Å². The largest absolute Gasteiger partial charge is 0.478 e. The highest BCUT2D eigenvalue weighted by Gasteiger charge is 2.23. The molecule has 1 N–H and O–H groups in total. The number of rotatable bonds is 4. The first-order chi connectivity index (χ1) is 8.75. The molecule has 4 heteroatoms. The first kappa shape index (κ1) is 15.0. The maximum Gasteiger partial charge on any atom is 0.336 e. The molecule has 0 saturated carbocycles. The fourth-order valence-corrected chi connectivity index (χ4v) is 2.03. The summed E-state index contributed by atoms with van der Waals surface area (Å²) in [6.45, 7) is 9.43. The van der Waals surface area contributed by atoms with Gasteiger partial charge in [-0.2, -0.15) is 0 Å². The molecule has 0 radical (unpaired) electrons. The van der Waals surface area contributed by atoms with Crippen molar-refractivity contribution in [2.24, 2.45) is 0 Å². The second-order valence-corrected chi connectivity index (χ2v) is 4.87. The zero-order valence-electron chi connectivity index (χ0n) is 11.8. The molecular weight excluding hydrogens is 242 g/mol. The number of amides is 1. The monoisotopic (exact) mass is 261 g/mol. The molecule has 1 aromatic rings. The van der Waals surface area contributed by atoms with Crippen molar-refractivity contribution in [3.63, 3.8) is 0 Å². The standard InChI is InChI=1S/C15H19NO3/c1-9(2)8-16(5)14(17)12-10(3)6-7-11(4)13(12)15(18)19/h6-7H,1,8H2,2-5H3,(H,18,19). The van der Waals surface area contributed by atoms with Crippen molar-refractivity contribution in [3.8, 4) is 0 Å². The van der Waals surface area contributed by atoms with Gasteiger partial charge in [0.05, 0.1) is 11.1 Å². The molecule has 0 bridgehead atoms. The molecule has 0 aromatic heterocycles. The van der Waals surface area contributed by atoms with Gasteiger partial charge in [-0.15, -0.1) is 0 Å². The second kappa shape index (κ2) is 5.69. The van der Waals surface area contributed by atoms with E-state index in [2.05, 4.69) is 6.58 Å². The van der Waals surface area contributed by atoms with Crippen LogP contribution in [0.2, 0.25) is 0 Å². The number of carbonyl (C=O) groups is 2. The van der Waals surface area contributed by atoms with Crippen LogP contribution in [0.3, 0.4) is 0 Å².